The van der Waals surface area contributed by atoms with Gasteiger partial charge in [0.2, 0.25) is 8.32 Å². The molecule has 0 saturated heterocycles. The van der Waals surface area contributed by atoms with Crippen molar-refractivity contribution in [2.75, 3.05) is 6.23 Å². The first kappa shape index (κ1) is 59.5. The minimum Gasteiger partial charge on any atom is -0.463 e. The first-order valence-electron chi connectivity index (χ1n) is 19.9. The summed E-state index contributed by atoms with van der Waals surface area (Å²) in [6.07, 6.45) is 1.37. The smallest absolute Gasteiger partial charge is 0.329 e. The van der Waals surface area contributed by atoms with E-state index in [1.165, 1.54) is 0 Å². The van der Waals surface area contributed by atoms with Gasteiger partial charge in [-0.05, 0) is 170 Å². The molecule has 1 N–H and O–H groups in total. The van der Waals surface area contributed by atoms with Gasteiger partial charge >= 0.3 is 109 Å². The normalized spacial score (nSPS) is 15.5. The van der Waals surface area contributed by atoms with Gasteiger partial charge in [-0.3, -0.25) is 0 Å². The molecule has 28 heteroatoms. The van der Waals surface area contributed by atoms with Crippen LogP contribution in [0.25, 0.3) is 0 Å². The molecular formula is C30H84O15Si13. The molecule has 0 aromatic rings. The maximum atomic E-state index is 11.7. The summed E-state index contributed by atoms with van der Waals surface area (Å²) < 4.78 is 85.0. The van der Waals surface area contributed by atoms with E-state index in [2.05, 4.69) is 6.58 Å². The molecule has 58 heavy (non-hydrogen) atoms. The van der Waals surface area contributed by atoms with Gasteiger partial charge in [0.15, 0.2) is 0 Å². The van der Waals surface area contributed by atoms with Gasteiger partial charge in [0.05, 0.1) is 0 Å². The summed E-state index contributed by atoms with van der Waals surface area (Å²) in [5.41, 5.74) is 0. The Balaban J connectivity index is 5.62. The second-order valence-corrected chi connectivity index (χ2v) is 67.9. The predicted octanol–water partition coefficient (Wildman–Crippen LogP) is 9.07. The fourth-order valence-corrected chi connectivity index (χ4v) is 71.9. The molecule has 346 valence electrons. The van der Waals surface area contributed by atoms with Crippen LogP contribution < -0.4 is 0 Å². The van der Waals surface area contributed by atoms with Crippen molar-refractivity contribution in [3.05, 3.63) is 12.7 Å². The molecule has 0 aromatic heterocycles. The van der Waals surface area contributed by atoms with Crippen LogP contribution >= 0.6 is 0 Å². The van der Waals surface area contributed by atoms with Crippen molar-refractivity contribution in [3.63, 3.8) is 0 Å². The van der Waals surface area contributed by atoms with E-state index in [9.17, 15) is 9.59 Å². The largest absolute Gasteiger partial charge is 0.463 e. The van der Waals surface area contributed by atoms with E-state index in [4.69, 9.17) is 54.1 Å². The third-order valence-corrected chi connectivity index (χ3v) is 55.0. The van der Waals surface area contributed by atoms with Crippen LogP contribution in [0.3, 0.4) is 0 Å². The first-order valence-corrected chi connectivity index (χ1v) is 56.8. The quantitative estimate of drug-likeness (QED) is 0.0472. The molecule has 15 nitrogen and oxygen atoms in total. The van der Waals surface area contributed by atoms with Crippen molar-refractivity contribution in [3.8, 4) is 0 Å². The highest BCUT2D eigenvalue weighted by atomic mass is 28.5. The van der Waals surface area contributed by atoms with Gasteiger partial charge in [-0.15, -0.1) is 0 Å². The number of carbonyl (C=O) groups excluding carboxylic acids is 1. The van der Waals surface area contributed by atoms with Crippen LogP contribution in [0.2, 0.25) is 170 Å². The van der Waals surface area contributed by atoms with Crippen molar-refractivity contribution in [2.24, 2.45) is 0 Å². The minimum absolute atomic E-state index is 0.212. The van der Waals surface area contributed by atoms with E-state index < -0.39 is 117 Å². The highest BCUT2D eigenvalue weighted by Gasteiger charge is 2.52. The Morgan fingerprint density at radius 3 is 0.707 bits per heavy atom. The number of rotatable bonds is 27. The number of esters is 1. The van der Waals surface area contributed by atoms with Crippen LogP contribution in [0.5, 0.6) is 0 Å². The highest BCUT2D eigenvalue weighted by molar-refractivity contribution is 6.94. The topological polar surface area (TPSA) is 157 Å². The lowest BCUT2D eigenvalue weighted by Crippen LogP contribution is -2.63. The van der Waals surface area contributed by atoms with Gasteiger partial charge in [0.25, 0.3) is 0 Å². The van der Waals surface area contributed by atoms with E-state index in [0.717, 1.165) is 6.08 Å². The molecule has 0 spiro atoms. The molecule has 0 radical (unpaired) electrons. The molecule has 0 aliphatic carbocycles. The zero-order chi connectivity index (χ0) is 46.7. The zero-order valence-electron chi connectivity index (χ0n) is 41.2. The van der Waals surface area contributed by atoms with E-state index in [1.54, 1.807) is 13.1 Å². The van der Waals surface area contributed by atoms with Gasteiger partial charge in [0.1, 0.15) is 6.23 Å². The summed E-state index contributed by atoms with van der Waals surface area (Å²) in [7, 11) is -35.4. The third-order valence-electron chi connectivity index (χ3n) is 6.66. The van der Waals surface area contributed by atoms with Gasteiger partial charge in [0, 0.05) is 6.08 Å². The lowest BCUT2D eigenvalue weighted by atomic mass is 10.7. The zero-order valence-corrected chi connectivity index (χ0v) is 54.2. The Labute approximate surface area is 367 Å². The minimum atomic E-state index is -2.80. The predicted molar refractivity (Wildman–Crippen MR) is 264 cm³/mol. The van der Waals surface area contributed by atoms with Crippen LogP contribution in [-0.4, -0.2) is 128 Å². The number of carbonyl (C=O) groups is 1. The molecule has 0 aliphatic heterocycles. The summed E-state index contributed by atoms with van der Waals surface area (Å²) in [5, 5.41) is 0. The SMILES string of the molecule is C=CC(=O)OC[Si](C)(C)O[Si](C)(C)O[Si](C)(C)O[Si](C)(C)O[Si](C)(C)O[Si](C)(C)O[Si](C)(C)O[Si](C)(C)O[Si](C)(C)O[Si](C)(C)O[Si](C)(C)O[Si](C)(C)O[Si](C)(C)O. The van der Waals surface area contributed by atoms with E-state index in [0.29, 0.717) is 0 Å². The molecule has 0 heterocycles. The van der Waals surface area contributed by atoms with E-state index in [1.807, 2.05) is 157 Å². The fraction of sp³-hybridized carbons (Fsp3) is 0.900. The lowest BCUT2D eigenvalue weighted by molar-refractivity contribution is -0.136. The molecule has 0 unspecified atom stereocenters. The third kappa shape index (κ3) is 27.6. The van der Waals surface area contributed by atoms with Gasteiger partial charge in [-0.2, -0.15) is 0 Å². The lowest BCUT2D eigenvalue weighted by Gasteiger charge is -2.45. The Hall–Kier alpha value is 1.51. The van der Waals surface area contributed by atoms with E-state index in [-0.39, 0.29) is 6.23 Å². The molecule has 0 amide bonds. The fourth-order valence-electron chi connectivity index (χ4n) is 7.75. The number of ether oxygens (including phenoxy) is 1. The second-order valence-electron chi connectivity index (χ2n) is 20.6. The van der Waals surface area contributed by atoms with Crippen molar-refractivity contribution in [1.29, 1.82) is 0 Å². The molecule has 0 atom stereocenters. The van der Waals surface area contributed by atoms with Crippen molar-refractivity contribution in [2.45, 2.75) is 170 Å². The average Bonchev–Trinajstić information content (AvgIpc) is 2.76. The maximum Gasteiger partial charge on any atom is 0.329 e. The summed E-state index contributed by atoms with van der Waals surface area (Å²) in [4.78, 5) is 22.0. The molecule has 0 rings (SSSR count). The van der Waals surface area contributed by atoms with Gasteiger partial charge < -0.3 is 58.9 Å². The Bertz CT molecular complexity index is 1370. The summed E-state index contributed by atoms with van der Waals surface area (Å²) >= 11 is 0. The molecule has 0 fully saturated rings. The van der Waals surface area contributed by atoms with Crippen LogP contribution in [0.4, 0.5) is 0 Å². The molecular weight excluding hydrogens is 965 g/mol. The van der Waals surface area contributed by atoms with Gasteiger partial charge in [-0.25, -0.2) is 4.79 Å². The number of hydrogen-bond donors (Lipinski definition) is 1. The van der Waals surface area contributed by atoms with Crippen molar-refractivity contribution < 1.29 is 63.7 Å². The summed E-state index contributed by atoms with van der Waals surface area (Å²) in [6, 6.07) is 0. The van der Waals surface area contributed by atoms with Crippen molar-refractivity contribution in [1.82, 2.24) is 0 Å². The monoisotopic (exact) mass is 1050 g/mol. The van der Waals surface area contributed by atoms with Crippen LogP contribution in [-0.2, 0) is 58.9 Å². The molecule has 0 saturated carbocycles. The van der Waals surface area contributed by atoms with Gasteiger partial charge in [-0.1, -0.05) is 6.58 Å². The Morgan fingerprint density at radius 2 is 0.534 bits per heavy atom. The van der Waals surface area contributed by atoms with Crippen LogP contribution in [0.1, 0.15) is 0 Å². The Kier molecular flexibility index (Phi) is 20.9. The highest BCUT2D eigenvalue weighted by Crippen LogP contribution is 2.32. The summed E-state index contributed by atoms with van der Waals surface area (Å²) in [6.45, 7) is 55.1. The van der Waals surface area contributed by atoms with Crippen LogP contribution in [0.15, 0.2) is 12.7 Å². The maximum absolute atomic E-state index is 11.7. The Morgan fingerprint density at radius 1 is 0.362 bits per heavy atom. The standard InChI is InChI=1S/C30H84O15Si13/c1-28-30(31)33-29-46(2,3)34-48(6,7)36-50(10,11)38-52(14,15)40-54(18,19)42-56(22,23)44-58(26,27)45-57(24,25)43-55(20,21)41-53(16,17)39-51(12,13)37-49(8,9)35-47(4,5)32/h28,32H,1,29H2,2-27H3. The molecule has 0 aliphatic rings. The molecule has 0 aromatic carbocycles. The number of hydrogen-bond acceptors (Lipinski definition) is 15. The second kappa shape index (κ2) is 20.4. The van der Waals surface area contributed by atoms with E-state index >= 15 is 0 Å². The average molecular weight is 1050 g/mol. The summed E-state index contributed by atoms with van der Waals surface area (Å²) in [5.74, 6) is -0.466. The van der Waals surface area contributed by atoms with Crippen molar-refractivity contribution >= 4 is 117 Å². The molecule has 0 bridgehead atoms. The van der Waals surface area contributed by atoms with Crippen LogP contribution in [0, 0.1) is 0 Å². The first-order chi connectivity index (χ1) is 24.9.